The molecular formula is C23H25ClN6O3S. The van der Waals surface area contributed by atoms with Crippen LogP contribution in [-0.2, 0) is 16.1 Å². The Balaban J connectivity index is 1.91. The first-order chi connectivity index (χ1) is 16.2. The molecule has 11 heteroatoms. The van der Waals surface area contributed by atoms with E-state index in [1.54, 1.807) is 29.3 Å². The number of aromatic nitrogens is 3. The van der Waals surface area contributed by atoms with Crippen molar-refractivity contribution < 1.29 is 13.9 Å². The minimum atomic E-state index is -0.695. The van der Waals surface area contributed by atoms with Gasteiger partial charge in [-0.25, -0.2) is 4.98 Å². The van der Waals surface area contributed by atoms with Crippen LogP contribution in [0.25, 0.3) is 0 Å². The summed E-state index contributed by atoms with van der Waals surface area (Å²) in [5, 5.41) is 17.4. The fraction of sp³-hybridized carbons (Fsp3) is 0.348. The number of amides is 1. The predicted molar refractivity (Wildman–Crippen MR) is 129 cm³/mol. The van der Waals surface area contributed by atoms with E-state index in [2.05, 4.69) is 15.2 Å². The molecular weight excluding hydrogens is 476 g/mol. The minimum Gasteiger partial charge on any atom is -0.406 e. The molecule has 9 nitrogen and oxygen atoms in total. The molecule has 0 fully saturated rings. The number of rotatable bonds is 9. The van der Waals surface area contributed by atoms with E-state index in [4.69, 9.17) is 31.8 Å². The number of nitrogen functional groups attached to an aromatic ring is 1. The van der Waals surface area contributed by atoms with Gasteiger partial charge in [-0.15, -0.1) is 16.9 Å². The lowest BCUT2D eigenvalue weighted by molar-refractivity contribution is -0.135. The van der Waals surface area contributed by atoms with Crippen molar-refractivity contribution in [3.63, 3.8) is 0 Å². The number of nitrogens with zero attached hydrogens (tertiary/aromatic N) is 5. The molecule has 34 heavy (non-hydrogen) atoms. The quantitative estimate of drug-likeness (QED) is 0.428. The van der Waals surface area contributed by atoms with Crippen molar-refractivity contribution >= 4 is 35.3 Å². The molecule has 0 aliphatic rings. The Bertz CT molecular complexity index is 1160. The Morgan fingerprint density at radius 3 is 2.65 bits per heavy atom. The molecule has 2 N–H and O–H groups in total. The fourth-order valence-electron chi connectivity index (χ4n) is 2.94. The van der Waals surface area contributed by atoms with Gasteiger partial charge in [0.25, 0.3) is 0 Å². The van der Waals surface area contributed by atoms with Gasteiger partial charge in [0.05, 0.1) is 23.0 Å². The van der Waals surface area contributed by atoms with Crippen LogP contribution in [0, 0.1) is 11.3 Å². The van der Waals surface area contributed by atoms with Gasteiger partial charge in [0.1, 0.15) is 17.8 Å². The standard InChI is InChI=1S/C23H25ClN6O3S/c1-23(2,3)32-13-18(21-28-29-22(26)33-21)30(12-15-8-9-16(10-25)27-11-15)20(31)14-34-19-7-5-4-6-17(19)24/h4-9,11,18H,12-14H2,1-3H3,(H2,26,29)/t18-/m0/s1. The number of hydrogen-bond donors (Lipinski definition) is 1. The van der Waals surface area contributed by atoms with E-state index < -0.39 is 11.6 Å². The predicted octanol–water partition coefficient (Wildman–Crippen LogP) is 4.25. The van der Waals surface area contributed by atoms with Crippen LogP contribution in [-0.4, -0.2) is 43.9 Å². The van der Waals surface area contributed by atoms with Crippen molar-refractivity contribution in [3.05, 3.63) is 64.8 Å². The van der Waals surface area contributed by atoms with E-state index >= 15 is 0 Å². The molecule has 3 rings (SSSR count). The number of carbonyl (C=O) groups excluding carboxylic acids is 1. The van der Waals surface area contributed by atoms with Crippen LogP contribution in [0.2, 0.25) is 5.02 Å². The first-order valence-electron chi connectivity index (χ1n) is 10.4. The molecule has 0 radical (unpaired) electrons. The van der Waals surface area contributed by atoms with Crippen LogP contribution < -0.4 is 5.73 Å². The first-order valence-corrected chi connectivity index (χ1v) is 11.8. The Morgan fingerprint density at radius 2 is 2.06 bits per heavy atom. The Hall–Kier alpha value is -3.13. The highest BCUT2D eigenvalue weighted by Crippen LogP contribution is 2.30. The summed E-state index contributed by atoms with van der Waals surface area (Å²) in [6, 6.07) is 11.9. The molecule has 0 spiro atoms. The summed E-state index contributed by atoms with van der Waals surface area (Å²) >= 11 is 7.59. The van der Waals surface area contributed by atoms with Gasteiger partial charge >= 0.3 is 6.01 Å². The van der Waals surface area contributed by atoms with Gasteiger partial charge in [0.15, 0.2) is 0 Å². The second kappa shape index (κ2) is 11.3. The molecule has 0 saturated heterocycles. The lowest BCUT2D eigenvalue weighted by atomic mass is 10.1. The minimum absolute atomic E-state index is 0.103. The van der Waals surface area contributed by atoms with E-state index in [0.29, 0.717) is 5.02 Å². The second-order valence-electron chi connectivity index (χ2n) is 8.32. The maximum atomic E-state index is 13.5. The molecule has 178 valence electrons. The Labute approximate surface area is 207 Å². The zero-order valence-electron chi connectivity index (χ0n) is 19.1. The number of hydrogen-bond acceptors (Lipinski definition) is 9. The lowest BCUT2D eigenvalue weighted by Crippen LogP contribution is -2.39. The first kappa shape index (κ1) is 25.5. The van der Waals surface area contributed by atoms with Gasteiger partial charge in [-0.1, -0.05) is 34.9 Å². The van der Waals surface area contributed by atoms with Gasteiger partial charge in [0.2, 0.25) is 11.8 Å². The number of pyridine rings is 1. The highest BCUT2D eigenvalue weighted by Gasteiger charge is 2.32. The van der Waals surface area contributed by atoms with Crippen LogP contribution in [0.1, 0.15) is 44.0 Å². The van der Waals surface area contributed by atoms with Crippen LogP contribution >= 0.6 is 23.4 Å². The zero-order chi connectivity index (χ0) is 24.7. The van der Waals surface area contributed by atoms with Crippen molar-refractivity contribution in [2.45, 2.75) is 43.9 Å². The van der Waals surface area contributed by atoms with Crippen molar-refractivity contribution in [1.29, 1.82) is 5.26 Å². The van der Waals surface area contributed by atoms with Crippen molar-refractivity contribution in [1.82, 2.24) is 20.1 Å². The molecule has 1 aromatic carbocycles. The number of benzene rings is 1. The van der Waals surface area contributed by atoms with E-state index in [0.717, 1.165) is 10.5 Å². The molecule has 2 heterocycles. The van der Waals surface area contributed by atoms with E-state index in [1.165, 1.54) is 11.8 Å². The molecule has 1 atom stereocenters. The van der Waals surface area contributed by atoms with Crippen molar-refractivity contribution in [2.75, 3.05) is 18.1 Å². The smallest absolute Gasteiger partial charge is 0.312 e. The summed E-state index contributed by atoms with van der Waals surface area (Å²) in [6.07, 6.45) is 1.56. The van der Waals surface area contributed by atoms with Crippen LogP contribution in [0.3, 0.4) is 0 Å². The summed E-state index contributed by atoms with van der Waals surface area (Å²) in [7, 11) is 0. The SMILES string of the molecule is CC(C)(C)OC[C@@H](c1nnc(N)o1)N(Cc1ccc(C#N)nc1)C(=O)CSc1ccccc1Cl. The van der Waals surface area contributed by atoms with Crippen LogP contribution in [0.4, 0.5) is 6.01 Å². The number of thioether (sulfide) groups is 1. The van der Waals surface area contributed by atoms with Gasteiger partial charge in [0, 0.05) is 17.6 Å². The maximum Gasteiger partial charge on any atom is 0.312 e. The Morgan fingerprint density at radius 1 is 1.29 bits per heavy atom. The second-order valence-corrected chi connectivity index (χ2v) is 9.75. The summed E-state index contributed by atoms with van der Waals surface area (Å²) in [6.45, 7) is 6.03. The van der Waals surface area contributed by atoms with Crippen molar-refractivity contribution in [3.8, 4) is 6.07 Å². The van der Waals surface area contributed by atoms with E-state index in [9.17, 15) is 4.79 Å². The molecule has 0 saturated carbocycles. The molecule has 0 aliphatic heterocycles. The highest BCUT2D eigenvalue weighted by atomic mass is 35.5. The number of anilines is 1. The summed E-state index contributed by atoms with van der Waals surface area (Å²) in [5.74, 6) is 0.0799. The van der Waals surface area contributed by atoms with Gasteiger partial charge in [-0.2, -0.15) is 5.26 Å². The zero-order valence-corrected chi connectivity index (χ0v) is 20.6. The topological polar surface area (TPSA) is 131 Å². The maximum absolute atomic E-state index is 13.5. The van der Waals surface area contributed by atoms with E-state index in [-0.39, 0.29) is 42.4 Å². The normalized spacial score (nSPS) is 12.2. The number of nitriles is 1. The molecule has 2 aromatic heterocycles. The highest BCUT2D eigenvalue weighted by molar-refractivity contribution is 8.00. The summed E-state index contributed by atoms with van der Waals surface area (Å²) < 4.78 is 11.5. The monoisotopic (exact) mass is 500 g/mol. The third-order valence-corrected chi connectivity index (χ3v) is 6.09. The third-order valence-electron chi connectivity index (χ3n) is 4.59. The largest absolute Gasteiger partial charge is 0.406 e. The average Bonchev–Trinajstić information content (AvgIpc) is 3.23. The molecule has 0 aliphatic carbocycles. The molecule has 3 aromatic rings. The summed E-state index contributed by atoms with van der Waals surface area (Å²) in [4.78, 5) is 20.0. The van der Waals surface area contributed by atoms with Gasteiger partial charge in [-0.3, -0.25) is 4.79 Å². The fourth-order valence-corrected chi connectivity index (χ4v) is 4.07. The van der Waals surface area contributed by atoms with Crippen molar-refractivity contribution in [2.24, 2.45) is 0 Å². The Kier molecular flexibility index (Phi) is 8.50. The average molecular weight is 501 g/mol. The summed E-state index contributed by atoms with van der Waals surface area (Å²) in [5.41, 5.74) is 6.21. The number of nitrogens with two attached hydrogens (primary N) is 1. The molecule has 0 bridgehead atoms. The third kappa shape index (κ3) is 7.18. The van der Waals surface area contributed by atoms with E-state index in [1.807, 2.05) is 45.0 Å². The van der Waals surface area contributed by atoms with Gasteiger partial charge in [-0.05, 0) is 44.5 Å². The van der Waals surface area contributed by atoms with Crippen LogP contribution in [0.15, 0.2) is 51.9 Å². The number of halogens is 1. The number of carbonyl (C=O) groups is 1. The lowest BCUT2D eigenvalue weighted by Gasteiger charge is -2.32. The molecule has 1 amide bonds. The van der Waals surface area contributed by atoms with Crippen LogP contribution in [0.5, 0.6) is 0 Å². The molecule has 0 unspecified atom stereocenters. The number of ether oxygens (including phenoxy) is 1. The van der Waals surface area contributed by atoms with Gasteiger partial charge < -0.3 is 19.8 Å².